The first-order chi connectivity index (χ1) is 18.4. The molecular formula is C30H24O8. The third-order valence-electron chi connectivity index (χ3n) is 4.86. The number of benzene rings is 3. The van der Waals surface area contributed by atoms with Crippen molar-refractivity contribution in [2.45, 2.75) is 0 Å². The molecule has 0 unspecified atom stereocenters. The van der Waals surface area contributed by atoms with E-state index >= 15 is 0 Å². The van der Waals surface area contributed by atoms with Crippen molar-refractivity contribution in [2.24, 2.45) is 0 Å². The quantitative estimate of drug-likeness (QED) is 0.122. The standard InChI is InChI=1S/C30H24O8/c1-4-24(31)19-35-25-14-10-22(11-15-25)7-6-21-8-12-23(13-9-21)30(33)38-26-16-17-27(28(18-26)34-3)36-20-37-29(32)5-2/h4-5,8-18H,1-2,19-20H2,3H3. The topological polar surface area (TPSA) is 97.4 Å². The Kier molecular flexibility index (Phi) is 9.85. The summed E-state index contributed by atoms with van der Waals surface area (Å²) in [4.78, 5) is 34.9. The molecule has 0 aliphatic heterocycles. The Bertz CT molecular complexity index is 1380. The number of hydrogen-bond acceptors (Lipinski definition) is 8. The minimum atomic E-state index is -0.620. The van der Waals surface area contributed by atoms with Crippen LogP contribution < -0.4 is 18.9 Å². The van der Waals surface area contributed by atoms with Crippen molar-refractivity contribution in [1.29, 1.82) is 0 Å². The van der Waals surface area contributed by atoms with Crippen LogP contribution in [0.5, 0.6) is 23.0 Å². The van der Waals surface area contributed by atoms with Crippen molar-refractivity contribution in [3.8, 4) is 34.8 Å². The summed E-state index contributed by atoms with van der Waals surface area (Å²) in [5.41, 5.74) is 1.80. The van der Waals surface area contributed by atoms with Crippen LogP contribution in [0.4, 0.5) is 0 Å². The summed E-state index contributed by atoms with van der Waals surface area (Å²) in [6.45, 7) is 6.31. The Hall–Kier alpha value is -5.29. The summed E-state index contributed by atoms with van der Waals surface area (Å²) < 4.78 is 26.2. The van der Waals surface area contributed by atoms with Crippen LogP contribution in [0.2, 0.25) is 0 Å². The molecule has 192 valence electrons. The maximum absolute atomic E-state index is 12.6. The third-order valence-corrected chi connectivity index (χ3v) is 4.86. The molecule has 0 amide bonds. The Morgan fingerprint density at radius 1 is 0.789 bits per heavy atom. The van der Waals surface area contributed by atoms with Crippen molar-refractivity contribution in [3.05, 3.63) is 109 Å². The lowest BCUT2D eigenvalue weighted by Crippen LogP contribution is -2.10. The predicted molar refractivity (Wildman–Crippen MR) is 139 cm³/mol. The number of carbonyl (C=O) groups is 3. The Balaban J connectivity index is 1.58. The third kappa shape index (κ3) is 8.14. The lowest BCUT2D eigenvalue weighted by molar-refractivity contribution is -0.144. The number of methoxy groups -OCH3 is 1. The van der Waals surface area contributed by atoms with Crippen LogP contribution in [-0.4, -0.2) is 38.2 Å². The van der Waals surface area contributed by atoms with E-state index in [0.29, 0.717) is 28.4 Å². The van der Waals surface area contributed by atoms with Crippen molar-refractivity contribution < 1.29 is 38.1 Å². The molecule has 0 radical (unpaired) electrons. The molecule has 0 fully saturated rings. The molecule has 0 spiro atoms. The number of rotatable bonds is 11. The van der Waals surface area contributed by atoms with E-state index in [2.05, 4.69) is 25.0 Å². The molecule has 3 rings (SSSR count). The maximum Gasteiger partial charge on any atom is 0.343 e. The van der Waals surface area contributed by atoms with Gasteiger partial charge in [0.2, 0.25) is 6.79 Å². The fourth-order valence-electron chi connectivity index (χ4n) is 2.89. The van der Waals surface area contributed by atoms with Gasteiger partial charge in [-0.25, -0.2) is 9.59 Å². The Morgan fingerprint density at radius 2 is 1.42 bits per heavy atom. The van der Waals surface area contributed by atoms with Gasteiger partial charge in [0.15, 0.2) is 23.9 Å². The van der Waals surface area contributed by atoms with Gasteiger partial charge in [-0.2, -0.15) is 0 Å². The molecule has 0 N–H and O–H groups in total. The number of ether oxygens (including phenoxy) is 5. The van der Waals surface area contributed by atoms with Gasteiger partial charge in [-0.15, -0.1) is 0 Å². The number of esters is 2. The predicted octanol–water partition coefficient (Wildman–Crippen LogP) is 4.51. The van der Waals surface area contributed by atoms with Gasteiger partial charge in [0.05, 0.1) is 12.7 Å². The monoisotopic (exact) mass is 512 g/mol. The molecule has 3 aromatic carbocycles. The first-order valence-corrected chi connectivity index (χ1v) is 11.2. The van der Waals surface area contributed by atoms with E-state index < -0.39 is 11.9 Å². The smallest absolute Gasteiger partial charge is 0.343 e. The molecule has 3 aromatic rings. The summed E-state index contributed by atoms with van der Waals surface area (Å²) in [6.07, 6.45) is 2.24. The fourth-order valence-corrected chi connectivity index (χ4v) is 2.89. The van der Waals surface area contributed by atoms with Crippen molar-refractivity contribution in [3.63, 3.8) is 0 Å². The van der Waals surface area contributed by atoms with Gasteiger partial charge < -0.3 is 23.7 Å². The molecule has 8 nitrogen and oxygen atoms in total. The zero-order chi connectivity index (χ0) is 27.3. The second kappa shape index (κ2) is 13.7. The SMILES string of the molecule is C=CC(=O)COc1ccc(C#Cc2ccc(C(=O)Oc3ccc(OCOC(=O)C=C)c(OC)c3)cc2)cc1. The molecule has 0 aliphatic carbocycles. The zero-order valence-electron chi connectivity index (χ0n) is 20.6. The molecule has 38 heavy (non-hydrogen) atoms. The van der Waals surface area contributed by atoms with Crippen molar-refractivity contribution in [2.75, 3.05) is 20.5 Å². The van der Waals surface area contributed by atoms with Crippen LogP contribution in [-0.2, 0) is 14.3 Å². The molecule has 0 aliphatic rings. The van der Waals surface area contributed by atoms with Crippen molar-refractivity contribution in [1.82, 2.24) is 0 Å². The average molecular weight is 513 g/mol. The minimum absolute atomic E-state index is 0.0639. The Morgan fingerprint density at radius 3 is 2.03 bits per heavy atom. The second-order valence-electron chi connectivity index (χ2n) is 7.44. The van der Waals surface area contributed by atoms with Crippen LogP contribution in [0.25, 0.3) is 0 Å². The van der Waals surface area contributed by atoms with Crippen LogP contribution in [0.3, 0.4) is 0 Å². The highest BCUT2D eigenvalue weighted by atomic mass is 16.7. The first kappa shape index (κ1) is 27.3. The highest BCUT2D eigenvalue weighted by molar-refractivity contribution is 5.91. The van der Waals surface area contributed by atoms with E-state index in [1.54, 1.807) is 48.5 Å². The average Bonchev–Trinajstić information content (AvgIpc) is 2.95. The van der Waals surface area contributed by atoms with Crippen LogP contribution >= 0.6 is 0 Å². The van der Waals surface area contributed by atoms with E-state index in [1.807, 2.05) is 0 Å². The zero-order valence-corrected chi connectivity index (χ0v) is 20.6. The van der Waals surface area contributed by atoms with Crippen LogP contribution in [0.15, 0.2) is 92.0 Å². The lowest BCUT2D eigenvalue weighted by Gasteiger charge is -2.12. The van der Waals surface area contributed by atoms with Gasteiger partial charge in [-0.05, 0) is 66.7 Å². The van der Waals surface area contributed by atoms with Gasteiger partial charge in [-0.1, -0.05) is 25.0 Å². The summed E-state index contributed by atoms with van der Waals surface area (Å²) in [5, 5.41) is 0. The molecule has 8 heteroatoms. The number of ketones is 1. The van der Waals surface area contributed by atoms with E-state index in [9.17, 15) is 14.4 Å². The number of carbonyl (C=O) groups excluding carboxylic acids is 3. The minimum Gasteiger partial charge on any atom is -0.493 e. The van der Waals surface area contributed by atoms with E-state index in [4.69, 9.17) is 23.7 Å². The molecule has 0 bridgehead atoms. The van der Waals surface area contributed by atoms with Gasteiger partial charge in [-0.3, -0.25) is 4.79 Å². The molecule has 0 aromatic heterocycles. The molecule has 0 atom stereocenters. The van der Waals surface area contributed by atoms with Gasteiger partial charge in [0.25, 0.3) is 0 Å². The summed E-state index contributed by atoms with van der Waals surface area (Å²) >= 11 is 0. The van der Waals surface area contributed by atoms with E-state index in [-0.39, 0.29) is 24.9 Å². The van der Waals surface area contributed by atoms with Crippen molar-refractivity contribution >= 4 is 17.7 Å². The van der Waals surface area contributed by atoms with Gasteiger partial charge in [0, 0.05) is 23.3 Å². The highest BCUT2D eigenvalue weighted by Crippen LogP contribution is 2.31. The van der Waals surface area contributed by atoms with E-state index in [1.165, 1.54) is 31.4 Å². The van der Waals surface area contributed by atoms with Gasteiger partial charge >= 0.3 is 11.9 Å². The second-order valence-corrected chi connectivity index (χ2v) is 7.44. The molecule has 0 saturated heterocycles. The molecule has 0 heterocycles. The van der Waals surface area contributed by atoms with Crippen LogP contribution in [0, 0.1) is 11.8 Å². The fraction of sp³-hybridized carbons (Fsp3) is 0.100. The summed E-state index contributed by atoms with van der Waals surface area (Å²) in [7, 11) is 1.43. The highest BCUT2D eigenvalue weighted by Gasteiger charge is 2.12. The molecular weight excluding hydrogens is 488 g/mol. The number of hydrogen-bond donors (Lipinski definition) is 0. The summed E-state index contributed by atoms with van der Waals surface area (Å²) in [6, 6.07) is 18.2. The normalized spacial score (nSPS) is 9.71. The van der Waals surface area contributed by atoms with E-state index in [0.717, 1.165) is 11.6 Å². The van der Waals surface area contributed by atoms with Gasteiger partial charge in [0.1, 0.15) is 11.5 Å². The maximum atomic E-state index is 12.6. The summed E-state index contributed by atoms with van der Waals surface area (Å²) in [5.74, 6) is 6.07. The first-order valence-electron chi connectivity index (χ1n) is 11.2. The largest absolute Gasteiger partial charge is 0.493 e. The Labute approximate surface area is 220 Å². The van der Waals surface area contributed by atoms with Crippen LogP contribution in [0.1, 0.15) is 21.5 Å². The lowest BCUT2D eigenvalue weighted by atomic mass is 10.1. The molecule has 0 saturated carbocycles.